The maximum Gasteiger partial charge on any atom is 0.233 e. The highest BCUT2D eigenvalue weighted by Crippen LogP contribution is 2.29. The minimum absolute atomic E-state index is 0.0510. The van der Waals surface area contributed by atoms with Gasteiger partial charge in [0, 0.05) is 6.04 Å². The Bertz CT molecular complexity index is 568. The van der Waals surface area contributed by atoms with Crippen LogP contribution in [0.25, 0.3) is 0 Å². The molecule has 0 radical (unpaired) electrons. The van der Waals surface area contributed by atoms with Gasteiger partial charge in [-0.25, -0.2) is 0 Å². The number of aromatic nitrogens is 2. The number of anilines is 1. The van der Waals surface area contributed by atoms with Crippen LogP contribution >= 0.6 is 23.1 Å². The van der Waals surface area contributed by atoms with Crippen LogP contribution < -0.4 is 10.6 Å². The number of nitrogens with one attached hydrogen (secondary N) is 2. The highest BCUT2D eigenvalue weighted by molar-refractivity contribution is 8.02. The second kappa shape index (κ2) is 7.46. The van der Waals surface area contributed by atoms with Crippen molar-refractivity contribution in [2.24, 2.45) is 0 Å². The quantitative estimate of drug-likeness (QED) is 0.762. The van der Waals surface area contributed by atoms with Crippen LogP contribution in [0.3, 0.4) is 0 Å². The molecule has 0 aliphatic heterocycles. The Hall–Kier alpha value is -1.54. The summed E-state index contributed by atoms with van der Waals surface area (Å²) < 4.78 is 5.95. The molecule has 1 amide bonds. The topological polar surface area (TPSA) is 80.0 Å². The lowest BCUT2D eigenvalue weighted by Crippen LogP contribution is -2.30. The van der Waals surface area contributed by atoms with E-state index < -0.39 is 0 Å². The van der Waals surface area contributed by atoms with Gasteiger partial charge in [0.05, 0.1) is 18.1 Å². The summed E-state index contributed by atoms with van der Waals surface area (Å²) >= 11 is 2.85. The molecule has 1 atom stereocenters. The Morgan fingerprint density at radius 3 is 2.90 bits per heavy atom. The first-order chi connectivity index (χ1) is 10.0. The molecule has 0 aromatic carbocycles. The summed E-state index contributed by atoms with van der Waals surface area (Å²) in [6.07, 6.45) is 1.59. The Balaban J connectivity index is 1.81. The smallest absolute Gasteiger partial charge is 0.233 e. The van der Waals surface area contributed by atoms with E-state index in [9.17, 15) is 4.79 Å². The SMILES string of the molecule is CC(C)Nc1nnc(SC(C)C(=O)NCc2ccco2)s1. The number of rotatable bonds is 7. The molecular weight excluding hydrogens is 308 g/mol. The fourth-order valence-corrected chi connectivity index (χ4v) is 3.56. The first kappa shape index (κ1) is 15.8. The van der Waals surface area contributed by atoms with Crippen LogP contribution in [0, 0.1) is 0 Å². The first-order valence-electron chi connectivity index (χ1n) is 6.61. The molecule has 2 heterocycles. The fourth-order valence-electron chi connectivity index (χ4n) is 1.50. The number of furan rings is 1. The van der Waals surface area contributed by atoms with E-state index in [1.807, 2.05) is 26.8 Å². The Labute approximate surface area is 131 Å². The van der Waals surface area contributed by atoms with E-state index in [0.717, 1.165) is 15.2 Å². The van der Waals surface area contributed by atoms with Crippen molar-refractivity contribution in [3.05, 3.63) is 24.2 Å². The molecule has 0 bridgehead atoms. The molecule has 1 unspecified atom stereocenters. The summed E-state index contributed by atoms with van der Waals surface area (Å²) in [5.41, 5.74) is 0. The van der Waals surface area contributed by atoms with Gasteiger partial charge >= 0.3 is 0 Å². The van der Waals surface area contributed by atoms with Gasteiger partial charge in [-0.05, 0) is 32.9 Å². The van der Waals surface area contributed by atoms with Gasteiger partial charge in [0.2, 0.25) is 11.0 Å². The zero-order chi connectivity index (χ0) is 15.2. The number of hydrogen-bond acceptors (Lipinski definition) is 7. The average molecular weight is 326 g/mol. The van der Waals surface area contributed by atoms with Crippen LogP contribution in [0.4, 0.5) is 5.13 Å². The zero-order valence-electron chi connectivity index (χ0n) is 12.1. The minimum Gasteiger partial charge on any atom is -0.467 e. The van der Waals surface area contributed by atoms with Crippen LogP contribution in [0.2, 0.25) is 0 Å². The van der Waals surface area contributed by atoms with E-state index in [-0.39, 0.29) is 11.2 Å². The predicted molar refractivity (Wildman–Crippen MR) is 84.5 cm³/mol. The number of carbonyl (C=O) groups excluding carboxylic acids is 1. The Kier molecular flexibility index (Phi) is 5.63. The van der Waals surface area contributed by atoms with Crippen molar-refractivity contribution < 1.29 is 9.21 Å². The molecule has 0 saturated heterocycles. The lowest BCUT2D eigenvalue weighted by molar-refractivity contribution is -0.120. The van der Waals surface area contributed by atoms with Crippen LogP contribution in [0.5, 0.6) is 0 Å². The zero-order valence-corrected chi connectivity index (χ0v) is 13.8. The van der Waals surface area contributed by atoms with Crippen molar-refractivity contribution in [3.63, 3.8) is 0 Å². The molecule has 2 aromatic rings. The van der Waals surface area contributed by atoms with Crippen molar-refractivity contribution in [2.75, 3.05) is 5.32 Å². The highest BCUT2D eigenvalue weighted by Gasteiger charge is 2.17. The van der Waals surface area contributed by atoms with Gasteiger partial charge in [0.1, 0.15) is 5.76 Å². The number of amides is 1. The molecule has 0 aliphatic rings. The van der Waals surface area contributed by atoms with Gasteiger partial charge in [0.15, 0.2) is 4.34 Å². The minimum atomic E-state index is -0.236. The number of nitrogens with zero attached hydrogens (tertiary/aromatic N) is 2. The van der Waals surface area contributed by atoms with Crippen molar-refractivity contribution >= 4 is 34.1 Å². The summed E-state index contributed by atoms with van der Waals surface area (Å²) in [5.74, 6) is 0.685. The molecule has 0 saturated carbocycles. The summed E-state index contributed by atoms with van der Waals surface area (Å²) in [6, 6.07) is 3.93. The molecular formula is C13H18N4O2S2. The molecule has 0 spiro atoms. The molecule has 2 aromatic heterocycles. The van der Waals surface area contributed by atoms with Crippen LogP contribution in [-0.2, 0) is 11.3 Å². The van der Waals surface area contributed by atoms with E-state index in [4.69, 9.17) is 4.42 Å². The third kappa shape index (κ3) is 5.05. The van der Waals surface area contributed by atoms with E-state index in [2.05, 4.69) is 20.8 Å². The lowest BCUT2D eigenvalue weighted by Gasteiger charge is -2.09. The van der Waals surface area contributed by atoms with E-state index >= 15 is 0 Å². The molecule has 21 heavy (non-hydrogen) atoms. The third-order valence-corrected chi connectivity index (χ3v) is 4.52. The van der Waals surface area contributed by atoms with Gasteiger partial charge in [0.25, 0.3) is 0 Å². The highest BCUT2D eigenvalue weighted by atomic mass is 32.2. The van der Waals surface area contributed by atoms with Crippen LogP contribution in [0.15, 0.2) is 27.2 Å². The maximum atomic E-state index is 12.0. The van der Waals surface area contributed by atoms with Gasteiger partial charge in [-0.3, -0.25) is 4.79 Å². The van der Waals surface area contributed by atoms with Gasteiger partial charge in [-0.1, -0.05) is 23.1 Å². The van der Waals surface area contributed by atoms with Crippen LogP contribution in [0.1, 0.15) is 26.5 Å². The molecule has 0 aliphatic carbocycles. The van der Waals surface area contributed by atoms with Crippen molar-refractivity contribution in [1.29, 1.82) is 0 Å². The Morgan fingerprint density at radius 1 is 1.43 bits per heavy atom. The van der Waals surface area contributed by atoms with Gasteiger partial charge in [-0.2, -0.15) is 0 Å². The van der Waals surface area contributed by atoms with Crippen LogP contribution in [-0.4, -0.2) is 27.4 Å². The molecule has 0 fully saturated rings. The van der Waals surface area contributed by atoms with E-state index in [1.165, 1.54) is 23.1 Å². The number of thioether (sulfide) groups is 1. The van der Waals surface area contributed by atoms with E-state index in [1.54, 1.807) is 12.3 Å². The second-order valence-corrected chi connectivity index (χ2v) is 7.29. The third-order valence-electron chi connectivity index (χ3n) is 2.48. The van der Waals surface area contributed by atoms with Gasteiger partial charge in [-0.15, -0.1) is 10.2 Å². The van der Waals surface area contributed by atoms with Gasteiger partial charge < -0.3 is 15.1 Å². The maximum absolute atomic E-state index is 12.0. The fraction of sp³-hybridized carbons (Fsp3) is 0.462. The summed E-state index contributed by atoms with van der Waals surface area (Å²) in [6.45, 7) is 6.32. The first-order valence-corrected chi connectivity index (χ1v) is 8.31. The van der Waals surface area contributed by atoms with E-state index in [0.29, 0.717) is 12.6 Å². The molecule has 6 nitrogen and oxygen atoms in total. The summed E-state index contributed by atoms with van der Waals surface area (Å²) in [7, 11) is 0. The Morgan fingerprint density at radius 2 is 2.24 bits per heavy atom. The molecule has 114 valence electrons. The summed E-state index contributed by atoms with van der Waals surface area (Å²) in [4.78, 5) is 12.0. The van der Waals surface area contributed by atoms with Crippen molar-refractivity contribution in [3.8, 4) is 0 Å². The summed E-state index contributed by atoms with van der Waals surface area (Å²) in [5, 5.41) is 14.7. The largest absolute Gasteiger partial charge is 0.467 e. The number of hydrogen-bond donors (Lipinski definition) is 2. The van der Waals surface area contributed by atoms with Crippen molar-refractivity contribution in [2.45, 2.75) is 42.9 Å². The normalized spacial score (nSPS) is 12.4. The molecule has 8 heteroatoms. The number of carbonyl (C=O) groups is 1. The predicted octanol–water partition coefficient (Wildman–Crippen LogP) is 2.75. The average Bonchev–Trinajstić information content (AvgIpc) is 3.07. The van der Waals surface area contributed by atoms with Crippen molar-refractivity contribution in [1.82, 2.24) is 15.5 Å². The monoisotopic (exact) mass is 326 g/mol. The second-order valence-electron chi connectivity index (χ2n) is 4.73. The molecule has 2 rings (SSSR count). The lowest BCUT2D eigenvalue weighted by atomic mass is 10.4. The molecule has 2 N–H and O–H groups in total. The standard InChI is InChI=1S/C13H18N4O2S2/c1-8(2)15-12-16-17-13(21-12)20-9(3)11(18)14-7-10-5-4-6-19-10/h4-6,8-9H,7H2,1-3H3,(H,14,18)(H,15,16).